The van der Waals surface area contributed by atoms with E-state index in [2.05, 4.69) is 10.4 Å². The van der Waals surface area contributed by atoms with Gasteiger partial charge in [0.15, 0.2) is 0 Å². The molecule has 0 aliphatic heterocycles. The lowest BCUT2D eigenvalue weighted by atomic mass is 10.1. The fourth-order valence-corrected chi connectivity index (χ4v) is 1.69. The lowest BCUT2D eigenvalue weighted by molar-refractivity contribution is -0.118. The van der Waals surface area contributed by atoms with E-state index in [9.17, 15) is 9.59 Å². The Morgan fingerprint density at radius 3 is 2.44 bits per heavy atom. The number of nitrogens with zero attached hydrogens (tertiary/aromatic N) is 3. The van der Waals surface area contributed by atoms with Gasteiger partial charge >= 0.3 is 5.69 Å². The van der Waals surface area contributed by atoms with Crippen molar-refractivity contribution in [3.8, 4) is 0 Å². The van der Waals surface area contributed by atoms with Crippen molar-refractivity contribution in [3.05, 3.63) is 16.3 Å². The van der Waals surface area contributed by atoms with Crippen LogP contribution in [0.15, 0.2) is 4.79 Å². The van der Waals surface area contributed by atoms with Crippen LogP contribution in [0.4, 0.5) is 0 Å². The first-order valence-electron chi connectivity index (χ1n) is 6.15. The molecule has 0 bridgehead atoms. The molecule has 1 heterocycles. The average molecular weight is 254 g/mol. The Balaban J connectivity index is 2.76. The van der Waals surface area contributed by atoms with E-state index in [4.69, 9.17) is 0 Å². The number of nitrogens with one attached hydrogen (secondary N) is 1. The van der Waals surface area contributed by atoms with Gasteiger partial charge in [0.1, 0.15) is 5.82 Å². The van der Waals surface area contributed by atoms with Crippen molar-refractivity contribution in [1.82, 2.24) is 19.7 Å². The summed E-state index contributed by atoms with van der Waals surface area (Å²) in [6.45, 7) is 10.3. The van der Waals surface area contributed by atoms with Crippen LogP contribution in [0.25, 0.3) is 0 Å². The molecule has 0 aliphatic carbocycles. The molecule has 1 N–H and O–H groups in total. The fourth-order valence-electron chi connectivity index (χ4n) is 1.69. The van der Waals surface area contributed by atoms with E-state index in [1.807, 2.05) is 27.7 Å². The van der Waals surface area contributed by atoms with Gasteiger partial charge in [-0.05, 0) is 34.1 Å². The molecule has 0 aromatic carbocycles. The standard InChI is InChI=1S/C12H22N4O2/c1-9-14-16(12(3,4)5)11(18)15(9)8-6-7-13-10(2)17/h6-8H2,1-5H3,(H,13,17). The molecule has 6 nitrogen and oxygen atoms in total. The van der Waals surface area contributed by atoms with Crippen LogP contribution in [0.2, 0.25) is 0 Å². The molecule has 1 aromatic heterocycles. The smallest absolute Gasteiger partial charge is 0.346 e. The molecule has 0 saturated carbocycles. The number of aromatic nitrogens is 3. The summed E-state index contributed by atoms with van der Waals surface area (Å²) in [6, 6.07) is 0. The first-order chi connectivity index (χ1) is 8.23. The molecule has 102 valence electrons. The van der Waals surface area contributed by atoms with Crippen LogP contribution in [-0.4, -0.2) is 26.8 Å². The molecule has 0 fully saturated rings. The highest BCUT2D eigenvalue weighted by atomic mass is 16.2. The molecule has 0 spiro atoms. The number of aryl methyl sites for hydroxylation is 1. The minimum atomic E-state index is -0.315. The first kappa shape index (κ1) is 14.5. The zero-order chi connectivity index (χ0) is 13.9. The van der Waals surface area contributed by atoms with Gasteiger partial charge in [0, 0.05) is 20.0 Å². The lowest BCUT2D eigenvalue weighted by Gasteiger charge is -2.16. The van der Waals surface area contributed by atoms with Crippen LogP contribution in [0.3, 0.4) is 0 Å². The molecule has 0 unspecified atom stereocenters. The van der Waals surface area contributed by atoms with Crippen LogP contribution in [0, 0.1) is 6.92 Å². The molecule has 18 heavy (non-hydrogen) atoms. The van der Waals surface area contributed by atoms with Crippen molar-refractivity contribution in [2.24, 2.45) is 0 Å². The van der Waals surface area contributed by atoms with Crippen molar-refractivity contribution in [2.45, 2.75) is 53.1 Å². The predicted octanol–water partition coefficient (Wildman–Crippen LogP) is 0.634. The van der Waals surface area contributed by atoms with Crippen LogP contribution >= 0.6 is 0 Å². The quantitative estimate of drug-likeness (QED) is 0.801. The number of rotatable bonds is 4. The van der Waals surface area contributed by atoms with Gasteiger partial charge in [-0.15, -0.1) is 0 Å². The zero-order valence-electron chi connectivity index (χ0n) is 11.8. The Labute approximate surface area is 107 Å². The Bertz CT molecular complexity index is 479. The molecule has 6 heteroatoms. The largest absolute Gasteiger partial charge is 0.356 e. The van der Waals surface area contributed by atoms with E-state index in [1.165, 1.54) is 11.6 Å². The summed E-state index contributed by atoms with van der Waals surface area (Å²) in [5.41, 5.74) is -0.409. The third-order valence-electron chi connectivity index (χ3n) is 2.62. The van der Waals surface area contributed by atoms with Gasteiger partial charge in [-0.3, -0.25) is 9.36 Å². The van der Waals surface area contributed by atoms with Gasteiger partial charge in [-0.1, -0.05) is 0 Å². The molecule has 1 rings (SSSR count). The minimum absolute atomic E-state index is 0.0514. The topological polar surface area (TPSA) is 68.9 Å². The Morgan fingerprint density at radius 1 is 1.39 bits per heavy atom. The van der Waals surface area contributed by atoms with E-state index in [0.29, 0.717) is 18.9 Å². The second kappa shape index (κ2) is 5.37. The van der Waals surface area contributed by atoms with E-state index >= 15 is 0 Å². The Hall–Kier alpha value is -1.59. The predicted molar refractivity (Wildman–Crippen MR) is 69.5 cm³/mol. The van der Waals surface area contributed by atoms with E-state index in [-0.39, 0.29) is 17.1 Å². The van der Waals surface area contributed by atoms with Gasteiger partial charge in [0.05, 0.1) is 5.54 Å². The molecule has 0 radical (unpaired) electrons. The zero-order valence-corrected chi connectivity index (χ0v) is 11.8. The van der Waals surface area contributed by atoms with Crippen LogP contribution in [-0.2, 0) is 16.9 Å². The van der Waals surface area contributed by atoms with Gasteiger partial charge in [0.25, 0.3) is 0 Å². The molecule has 1 amide bonds. The number of hydrogen-bond donors (Lipinski definition) is 1. The Morgan fingerprint density at radius 2 is 2.00 bits per heavy atom. The molecule has 0 saturated heterocycles. The number of carbonyl (C=O) groups excluding carboxylic acids is 1. The second-order valence-electron chi connectivity index (χ2n) is 5.40. The number of carbonyl (C=O) groups is 1. The molecule has 1 aromatic rings. The summed E-state index contributed by atoms with van der Waals surface area (Å²) in [4.78, 5) is 22.9. The van der Waals surface area contributed by atoms with Crippen LogP contribution in [0.5, 0.6) is 0 Å². The monoisotopic (exact) mass is 254 g/mol. The maximum Gasteiger partial charge on any atom is 0.346 e. The van der Waals surface area contributed by atoms with Gasteiger partial charge < -0.3 is 5.32 Å². The second-order valence-corrected chi connectivity index (χ2v) is 5.40. The third-order valence-corrected chi connectivity index (χ3v) is 2.62. The van der Waals surface area contributed by atoms with Crippen molar-refractivity contribution >= 4 is 5.91 Å². The summed E-state index contributed by atoms with van der Waals surface area (Å²) in [5, 5.41) is 6.99. The Kier molecular flexibility index (Phi) is 4.32. The normalized spacial score (nSPS) is 11.6. The highest BCUT2D eigenvalue weighted by Gasteiger charge is 2.20. The fraction of sp³-hybridized carbons (Fsp3) is 0.750. The highest BCUT2D eigenvalue weighted by molar-refractivity contribution is 5.72. The van der Waals surface area contributed by atoms with Crippen molar-refractivity contribution < 1.29 is 4.79 Å². The first-order valence-corrected chi connectivity index (χ1v) is 6.15. The third kappa shape index (κ3) is 3.45. The maximum absolute atomic E-state index is 12.1. The molecular weight excluding hydrogens is 232 g/mol. The average Bonchev–Trinajstić information content (AvgIpc) is 2.50. The summed E-state index contributed by atoms with van der Waals surface area (Å²) in [7, 11) is 0. The highest BCUT2D eigenvalue weighted by Crippen LogP contribution is 2.09. The van der Waals surface area contributed by atoms with E-state index in [0.717, 1.165) is 6.42 Å². The van der Waals surface area contributed by atoms with Gasteiger partial charge in [0.2, 0.25) is 5.91 Å². The molecule has 0 aliphatic rings. The minimum Gasteiger partial charge on any atom is -0.356 e. The summed E-state index contributed by atoms with van der Waals surface area (Å²) in [5.74, 6) is 0.655. The van der Waals surface area contributed by atoms with Crippen LogP contribution in [0.1, 0.15) is 39.9 Å². The summed E-state index contributed by atoms with van der Waals surface area (Å²) in [6.07, 6.45) is 0.718. The van der Waals surface area contributed by atoms with Gasteiger partial charge in [-0.25, -0.2) is 9.48 Å². The number of amides is 1. The maximum atomic E-state index is 12.1. The van der Waals surface area contributed by atoms with Gasteiger partial charge in [-0.2, -0.15) is 5.10 Å². The lowest BCUT2D eigenvalue weighted by Crippen LogP contribution is -2.36. The molecular formula is C12H22N4O2. The van der Waals surface area contributed by atoms with Crippen molar-refractivity contribution in [2.75, 3.05) is 6.54 Å². The number of hydrogen-bond acceptors (Lipinski definition) is 3. The summed E-state index contributed by atoms with van der Waals surface area (Å²) < 4.78 is 3.15. The van der Waals surface area contributed by atoms with E-state index in [1.54, 1.807) is 4.57 Å². The van der Waals surface area contributed by atoms with Crippen molar-refractivity contribution in [1.29, 1.82) is 0 Å². The van der Waals surface area contributed by atoms with E-state index < -0.39 is 0 Å². The SMILES string of the molecule is CC(=O)NCCCn1c(C)nn(C(C)(C)C)c1=O. The molecule has 0 atom stereocenters. The summed E-state index contributed by atoms with van der Waals surface area (Å²) >= 11 is 0. The van der Waals surface area contributed by atoms with Crippen LogP contribution < -0.4 is 11.0 Å². The van der Waals surface area contributed by atoms with Crippen molar-refractivity contribution in [3.63, 3.8) is 0 Å².